The molecule has 110 valence electrons. The molecule has 1 aliphatic heterocycles. The fourth-order valence-electron chi connectivity index (χ4n) is 3.35. The van der Waals surface area contributed by atoms with Gasteiger partial charge in [-0.05, 0) is 44.7 Å². The van der Waals surface area contributed by atoms with Crippen LogP contribution in [0.5, 0.6) is 0 Å². The van der Waals surface area contributed by atoms with Crippen molar-refractivity contribution < 1.29 is 4.79 Å². The lowest BCUT2D eigenvalue weighted by atomic mass is 9.95. The summed E-state index contributed by atoms with van der Waals surface area (Å²) in [5.41, 5.74) is 5.74. The average molecular weight is 267 g/mol. The third kappa shape index (κ3) is 5.11. The molecule has 1 atom stereocenters. The first-order valence-electron chi connectivity index (χ1n) is 7.99. The van der Waals surface area contributed by atoms with Gasteiger partial charge in [0, 0.05) is 25.6 Å². The molecule has 1 saturated heterocycles. The smallest absolute Gasteiger partial charge is 0.221 e. The number of likely N-dealkylation sites (tertiary alicyclic amines) is 1. The first-order valence-corrected chi connectivity index (χ1v) is 7.99. The van der Waals surface area contributed by atoms with Crippen molar-refractivity contribution >= 4 is 5.91 Å². The molecule has 0 spiro atoms. The molecule has 0 aromatic carbocycles. The number of carbonyl (C=O) groups is 1. The number of nitrogens with two attached hydrogens (primary N) is 1. The molecule has 1 unspecified atom stereocenters. The van der Waals surface area contributed by atoms with Gasteiger partial charge >= 0.3 is 0 Å². The Hall–Kier alpha value is -0.610. The second kappa shape index (κ2) is 7.85. The van der Waals surface area contributed by atoms with Crippen LogP contribution in [0.4, 0.5) is 0 Å². The van der Waals surface area contributed by atoms with E-state index in [1.165, 1.54) is 44.9 Å². The minimum absolute atomic E-state index is 0.238. The normalized spacial score (nSPS) is 26.3. The van der Waals surface area contributed by atoms with Crippen molar-refractivity contribution in [2.75, 3.05) is 26.2 Å². The molecule has 2 rings (SSSR count). The van der Waals surface area contributed by atoms with Gasteiger partial charge in [0.05, 0.1) is 0 Å². The van der Waals surface area contributed by atoms with E-state index in [-0.39, 0.29) is 5.91 Å². The number of hydrogen-bond donors (Lipinski definition) is 2. The van der Waals surface area contributed by atoms with Gasteiger partial charge in [-0.2, -0.15) is 0 Å². The van der Waals surface area contributed by atoms with E-state index in [9.17, 15) is 4.79 Å². The van der Waals surface area contributed by atoms with E-state index in [0.717, 1.165) is 26.2 Å². The van der Waals surface area contributed by atoms with Crippen LogP contribution in [0.25, 0.3) is 0 Å². The fourth-order valence-corrected chi connectivity index (χ4v) is 3.35. The van der Waals surface area contributed by atoms with Crippen molar-refractivity contribution in [2.45, 2.75) is 57.4 Å². The van der Waals surface area contributed by atoms with E-state index in [4.69, 9.17) is 5.73 Å². The Bertz CT molecular complexity index is 277. The maximum atomic E-state index is 11.9. The SMILES string of the molecule is NCC1CCCN(CCC(=O)NC2CCCCC2)C1. The molecular weight excluding hydrogens is 238 g/mol. The molecule has 0 bridgehead atoms. The highest BCUT2D eigenvalue weighted by Gasteiger charge is 2.20. The summed E-state index contributed by atoms with van der Waals surface area (Å²) in [6.07, 6.45) is 9.35. The largest absolute Gasteiger partial charge is 0.353 e. The van der Waals surface area contributed by atoms with Crippen LogP contribution in [0, 0.1) is 5.92 Å². The third-order valence-electron chi connectivity index (χ3n) is 4.56. The van der Waals surface area contributed by atoms with Crippen molar-refractivity contribution in [1.29, 1.82) is 0 Å². The van der Waals surface area contributed by atoms with Gasteiger partial charge in [-0.25, -0.2) is 0 Å². The minimum Gasteiger partial charge on any atom is -0.353 e. The Morgan fingerprint density at radius 1 is 1.16 bits per heavy atom. The van der Waals surface area contributed by atoms with E-state index in [1.54, 1.807) is 0 Å². The highest BCUT2D eigenvalue weighted by Crippen LogP contribution is 2.18. The molecule has 0 aromatic rings. The van der Waals surface area contributed by atoms with E-state index in [0.29, 0.717) is 18.4 Å². The van der Waals surface area contributed by atoms with Gasteiger partial charge in [0.15, 0.2) is 0 Å². The quantitative estimate of drug-likeness (QED) is 0.793. The number of rotatable bonds is 5. The average Bonchev–Trinajstić information content (AvgIpc) is 2.46. The van der Waals surface area contributed by atoms with E-state index < -0.39 is 0 Å². The van der Waals surface area contributed by atoms with Crippen LogP contribution in [0.1, 0.15) is 51.4 Å². The molecule has 0 aromatic heterocycles. The Morgan fingerprint density at radius 2 is 1.95 bits per heavy atom. The van der Waals surface area contributed by atoms with Gasteiger partial charge < -0.3 is 16.0 Å². The summed E-state index contributed by atoms with van der Waals surface area (Å²) < 4.78 is 0. The van der Waals surface area contributed by atoms with Crippen LogP contribution in [0.3, 0.4) is 0 Å². The van der Waals surface area contributed by atoms with Crippen molar-refractivity contribution in [1.82, 2.24) is 10.2 Å². The zero-order chi connectivity index (χ0) is 13.5. The highest BCUT2D eigenvalue weighted by atomic mass is 16.1. The summed E-state index contributed by atoms with van der Waals surface area (Å²) in [4.78, 5) is 14.3. The molecule has 3 N–H and O–H groups in total. The molecule has 4 heteroatoms. The lowest BCUT2D eigenvalue weighted by molar-refractivity contribution is -0.122. The number of nitrogens with zero attached hydrogens (tertiary/aromatic N) is 1. The maximum absolute atomic E-state index is 11.9. The summed E-state index contributed by atoms with van der Waals surface area (Å²) in [5, 5.41) is 3.19. The Kier molecular flexibility index (Phi) is 6.11. The monoisotopic (exact) mass is 267 g/mol. The standard InChI is InChI=1S/C15H29N3O/c16-11-13-5-4-9-18(12-13)10-8-15(19)17-14-6-2-1-3-7-14/h13-14H,1-12,16H2,(H,17,19). The number of hydrogen-bond acceptors (Lipinski definition) is 3. The van der Waals surface area contributed by atoms with E-state index in [1.807, 2.05) is 0 Å². The van der Waals surface area contributed by atoms with E-state index >= 15 is 0 Å². The topological polar surface area (TPSA) is 58.4 Å². The molecule has 4 nitrogen and oxygen atoms in total. The van der Waals surface area contributed by atoms with Crippen molar-refractivity contribution in [3.05, 3.63) is 0 Å². The number of carbonyl (C=O) groups excluding carboxylic acids is 1. The lowest BCUT2D eigenvalue weighted by Crippen LogP contribution is -2.42. The van der Waals surface area contributed by atoms with Gasteiger partial charge in [-0.15, -0.1) is 0 Å². The minimum atomic E-state index is 0.238. The zero-order valence-electron chi connectivity index (χ0n) is 12.1. The fraction of sp³-hybridized carbons (Fsp3) is 0.933. The van der Waals surface area contributed by atoms with Gasteiger partial charge in [0.1, 0.15) is 0 Å². The molecule has 1 saturated carbocycles. The predicted molar refractivity (Wildman–Crippen MR) is 77.9 cm³/mol. The molecule has 2 fully saturated rings. The number of nitrogens with one attached hydrogen (secondary N) is 1. The number of piperidine rings is 1. The molecule has 1 heterocycles. The first-order chi connectivity index (χ1) is 9.28. The Labute approximate surface area is 117 Å². The molecule has 19 heavy (non-hydrogen) atoms. The van der Waals surface area contributed by atoms with Crippen LogP contribution in [0.2, 0.25) is 0 Å². The van der Waals surface area contributed by atoms with Crippen LogP contribution in [-0.2, 0) is 4.79 Å². The lowest BCUT2D eigenvalue weighted by Gasteiger charge is -2.32. The summed E-state index contributed by atoms with van der Waals surface area (Å²) >= 11 is 0. The Balaban J connectivity index is 1.62. The summed E-state index contributed by atoms with van der Waals surface area (Å²) in [6, 6.07) is 0.444. The van der Waals surface area contributed by atoms with Gasteiger partial charge in [0.25, 0.3) is 0 Å². The predicted octanol–water partition coefficient (Wildman–Crippen LogP) is 1.50. The second-order valence-electron chi connectivity index (χ2n) is 6.20. The second-order valence-corrected chi connectivity index (χ2v) is 6.20. The Morgan fingerprint density at radius 3 is 2.68 bits per heavy atom. The van der Waals surface area contributed by atoms with Crippen molar-refractivity contribution in [3.8, 4) is 0 Å². The summed E-state index contributed by atoms with van der Waals surface area (Å²) in [7, 11) is 0. The summed E-state index contributed by atoms with van der Waals surface area (Å²) in [6.45, 7) is 3.89. The molecule has 2 aliphatic rings. The van der Waals surface area contributed by atoms with Crippen LogP contribution >= 0.6 is 0 Å². The van der Waals surface area contributed by atoms with Crippen LogP contribution in [0.15, 0.2) is 0 Å². The van der Waals surface area contributed by atoms with E-state index in [2.05, 4.69) is 10.2 Å². The molecule has 1 aliphatic carbocycles. The molecule has 1 amide bonds. The van der Waals surface area contributed by atoms with Crippen LogP contribution in [-0.4, -0.2) is 43.0 Å². The van der Waals surface area contributed by atoms with Crippen molar-refractivity contribution in [3.63, 3.8) is 0 Å². The van der Waals surface area contributed by atoms with Gasteiger partial charge in [-0.3, -0.25) is 4.79 Å². The zero-order valence-corrected chi connectivity index (χ0v) is 12.1. The van der Waals surface area contributed by atoms with Gasteiger partial charge in [0.2, 0.25) is 5.91 Å². The molecular formula is C15H29N3O. The van der Waals surface area contributed by atoms with Crippen molar-refractivity contribution in [2.24, 2.45) is 11.7 Å². The molecule has 0 radical (unpaired) electrons. The van der Waals surface area contributed by atoms with Gasteiger partial charge in [-0.1, -0.05) is 19.3 Å². The van der Waals surface area contributed by atoms with Crippen LogP contribution < -0.4 is 11.1 Å². The first kappa shape index (κ1) is 14.8. The summed E-state index contributed by atoms with van der Waals surface area (Å²) in [5.74, 6) is 0.872. The number of amides is 1. The third-order valence-corrected chi connectivity index (χ3v) is 4.56. The maximum Gasteiger partial charge on any atom is 0.221 e. The highest BCUT2D eigenvalue weighted by molar-refractivity contribution is 5.76.